The first kappa shape index (κ1) is 38.9. The van der Waals surface area contributed by atoms with Gasteiger partial charge in [-0.1, -0.05) is 110 Å². The number of aliphatic hydroxyl groups excluding tert-OH is 1. The van der Waals surface area contributed by atoms with Crippen LogP contribution in [-0.2, 0) is 37.4 Å². The molecule has 0 spiro atoms. The summed E-state index contributed by atoms with van der Waals surface area (Å²) < 4.78 is 2.22. The standard InChI is InChI=1S/C29H24N3.C15H28O2.Ir/c1-29(2,3)21-12-13-22-20(14-21)10-7-11-23(22)26-28-27(31-17-30-26)24-15-18-8-5-6-9-19(18)16-25(24)32(28)4;1-7-14(5,8-2)12(16)11-13(17)15(6,9-3)10-4;/h5-10,12-17H,1-4H3;11,16H,7-10H2,1-6H3;/q-1;;/b;12-11-;. The van der Waals surface area contributed by atoms with Crippen molar-refractivity contribution in [2.24, 2.45) is 17.9 Å². The zero-order valence-electron chi connectivity index (χ0n) is 31.4. The van der Waals surface area contributed by atoms with E-state index in [2.05, 4.69) is 99.1 Å². The van der Waals surface area contributed by atoms with E-state index in [1.54, 1.807) is 6.33 Å². The van der Waals surface area contributed by atoms with E-state index in [0.717, 1.165) is 64.3 Å². The molecule has 6 aromatic rings. The summed E-state index contributed by atoms with van der Waals surface area (Å²) in [5, 5.41) is 16.1. The van der Waals surface area contributed by atoms with Gasteiger partial charge in [-0.3, -0.25) is 9.78 Å². The molecule has 6 heteroatoms. The van der Waals surface area contributed by atoms with Crippen LogP contribution < -0.4 is 0 Å². The van der Waals surface area contributed by atoms with E-state index in [4.69, 9.17) is 9.97 Å². The molecule has 1 N–H and O–H groups in total. The number of rotatable bonds is 8. The van der Waals surface area contributed by atoms with Gasteiger partial charge in [-0.05, 0) is 59.6 Å². The predicted octanol–water partition coefficient (Wildman–Crippen LogP) is 11.8. The fourth-order valence-electron chi connectivity index (χ4n) is 6.46. The molecule has 0 aliphatic carbocycles. The van der Waals surface area contributed by atoms with Crippen LogP contribution in [0.3, 0.4) is 0 Å². The van der Waals surface area contributed by atoms with Gasteiger partial charge in [0.2, 0.25) is 0 Å². The van der Waals surface area contributed by atoms with Crippen LogP contribution in [0.25, 0.3) is 54.7 Å². The van der Waals surface area contributed by atoms with E-state index in [0.29, 0.717) is 0 Å². The topological polar surface area (TPSA) is 68.0 Å². The van der Waals surface area contributed by atoms with Crippen molar-refractivity contribution in [3.05, 3.63) is 96.5 Å². The molecule has 0 bridgehead atoms. The van der Waals surface area contributed by atoms with Crippen molar-refractivity contribution in [2.45, 2.75) is 93.4 Å². The van der Waals surface area contributed by atoms with Gasteiger partial charge in [0.25, 0.3) is 0 Å². The molecular weight excluding hydrogens is 795 g/mol. The first-order chi connectivity index (χ1) is 23.2. The minimum absolute atomic E-state index is 0. The summed E-state index contributed by atoms with van der Waals surface area (Å²) in [4.78, 5) is 21.6. The average Bonchev–Trinajstić information content (AvgIpc) is 3.39. The Morgan fingerprint density at radius 2 is 1.42 bits per heavy atom. The zero-order chi connectivity index (χ0) is 35.7. The fraction of sp³-hybridized carbons (Fsp3) is 0.386. The van der Waals surface area contributed by atoms with E-state index < -0.39 is 0 Å². The number of aromatic nitrogens is 3. The summed E-state index contributed by atoms with van der Waals surface area (Å²) in [6, 6.07) is 27.3. The number of ketones is 1. The maximum absolute atomic E-state index is 12.2. The van der Waals surface area contributed by atoms with Crippen LogP contribution in [0.2, 0.25) is 0 Å². The Morgan fingerprint density at radius 3 is 2.02 bits per heavy atom. The van der Waals surface area contributed by atoms with Crippen molar-refractivity contribution in [1.29, 1.82) is 0 Å². The SMILES string of the molecule is CCC(C)(CC)C(=O)/C=C(\O)C(C)(CC)CC.Cn1c2cc3ccccc3cc2c2ncnc(-c3[c-]ccc4cc(C(C)(C)C)ccc34)c21.[Ir]. The Hall–Kier alpha value is -3.86. The molecule has 2 aromatic heterocycles. The molecular formula is C44H52IrN3O2-. The molecule has 2 heterocycles. The summed E-state index contributed by atoms with van der Waals surface area (Å²) in [5.74, 6) is 0.286. The second kappa shape index (κ2) is 15.2. The Bertz CT molecular complexity index is 2180. The van der Waals surface area contributed by atoms with Crippen LogP contribution in [-0.4, -0.2) is 25.4 Å². The van der Waals surface area contributed by atoms with Crippen LogP contribution in [0.5, 0.6) is 0 Å². The molecule has 4 aromatic carbocycles. The quantitative estimate of drug-likeness (QED) is 0.0941. The van der Waals surface area contributed by atoms with Crippen LogP contribution in [0, 0.1) is 16.9 Å². The summed E-state index contributed by atoms with van der Waals surface area (Å²) in [6.07, 6.45) is 6.44. The molecule has 6 rings (SSSR count). The number of benzene rings is 4. The number of nitrogens with zero attached hydrogens (tertiary/aromatic N) is 3. The molecule has 265 valence electrons. The molecule has 0 saturated carbocycles. The van der Waals surface area contributed by atoms with E-state index in [1.165, 1.54) is 27.8 Å². The second-order valence-corrected chi connectivity index (χ2v) is 15.0. The molecule has 0 aliphatic heterocycles. The third-order valence-corrected chi connectivity index (χ3v) is 11.2. The number of fused-ring (bicyclic) bond motifs is 5. The molecule has 1 radical (unpaired) electrons. The van der Waals surface area contributed by atoms with Crippen molar-refractivity contribution in [3.63, 3.8) is 0 Å². The van der Waals surface area contributed by atoms with E-state index in [-0.39, 0.29) is 47.9 Å². The molecule has 50 heavy (non-hydrogen) atoms. The zero-order valence-corrected chi connectivity index (χ0v) is 33.8. The molecule has 0 atom stereocenters. The number of carbonyl (C=O) groups excluding carboxylic acids is 1. The third-order valence-electron chi connectivity index (χ3n) is 11.2. The van der Waals surface area contributed by atoms with Crippen LogP contribution in [0.4, 0.5) is 0 Å². The number of aliphatic hydroxyl groups is 1. The molecule has 0 fully saturated rings. The largest absolute Gasteiger partial charge is 0.512 e. The molecule has 0 unspecified atom stereocenters. The third kappa shape index (κ3) is 7.29. The van der Waals surface area contributed by atoms with Crippen LogP contribution in [0.15, 0.2) is 84.9 Å². The summed E-state index contributed by atoms with van der Waals surface area (Å²) in [6.45, 7) is 18.8. The van der Waals surface area contributed by atoms with Gasteiger partial charge in [-0.25, -0.2) is 4.98 Å². The van der Waals surface area contributed by atoms with E-state index >= 15 is 0 Å². The van der Waals surface area contributed by atoms with Gasteiger partial charge in [0.1, 0.15) is 12.1 Å². The van der Waals surface area contributed by atoms with Crippen LogP contribution in [0.1, 0.15) is 93.6 Å². The van der Waals surface area contributed by atoms with Crippen molar-refractivity contribution in [2.75, 3.05) is 0 Å². The molecule has 5 nitrogen and oxygen atoms in total. The average molecular weight is 847 g/mol. The Labute approximate surface area is 311 Å². The Kier molecular flexibility index (Phi) is 11.8. The molecule has 0 saturated heterocycles. The fourth-order valence-corrected chi connectivity index (χ4v) is 6.46. The normalized spacial score (nSPS) is 12.6. The van der Waals surface area contributed by atoms with Gasteiger partial charge >= 0.3 is 0 Å². The minimum atomic E-state index is -0.337. The Morgan fingerprint density at radius 1 is 0.800 bits per heavy atom. The minimum Gasteiger partial charge on any atom is -0.512 e. The monoisotopic (exact) mass is 847 g/mol. The second-order valence-electron chi connectivity index (χ2n) is 15.0. The van der Waals surface area contributed by atoms with Gasteiger partial charge in [0.05, 0.1) is 16.6 Å². The Balaban J connectivity index is 0.000000269. The van der Waals surface area contributed by atoms with Crippen molar-refractivity contribution in [3.8, 4) is 11.3 Å². The van der Waals surface area contributed by atoms with Gasteiger partial charge in [0, 0.05) is 55.1 Å². The van der Waals surface area contributed by atoms with Crippen LogP contribution >= 0.6 is 0 Å². The maximum Gasteiger partial charge on any atom is 0.164 e. The molecule has 0 aliphatic rings. The predicted molar refractivity (Wildman–Crippen MR) is 207 cm³/mol. The number of aryl methyl sites for hydroxylation is 1. The van der Waals surface area contributed by atoms with E-state index in [1.807, 2.05) is 47.6 Å². The van der Waals surface area contributed by atoms with Gasteiger partial charge in [0.15, 0.2) is 5.78 Å². The number of carbonyl (C=O) groups is 1. The summed E-state index contributed by atoms with van der Waals surface area (Å²) in [5.41, 5.74) is 5.96. The summed E-state index contributed by atoms with van der Waals surface area (Å²) >= 11 is 0. The first-order valence-corrected chi connectivity index (χ1v) is 17.7. The van der Waals surface area contributed by atoms with Gasteiger partial charge < -0.3 is 9.67 Å². The van der Waals surface area contributed by atoms with Crippen molar-refractivity contribution < 1.29 is 30.0 Å². The maximum atomic E-state index is 12.2. The smallest absolute Gasteiger partial charge is 0.164 e. The first-order valence-electron chi connectivity index (χ1n) is 17.7. The number of hydrogen-bond donors (Lipinski definition) is 1. The van der Waals surface area contributed by atoms with Gasteiger partial charge in [-0.15, -0.1) is 29.1 Å². The number of allylic oxidation sites excluding steroid dienone is 2. The summed E-state index contributed by atoms with van der Waals surface area (Å²) in [7, 11) is 2.11. The van der Waals surface area contributed by atoms with E-state index in [9.17, 15) is 9.90 Å². The van der Waals surface area contributed by atoms with Crippen molar-refractivity contribution in [1.82, 2.24) is 14.5 Å². The van der Waals surface area contributed by atoms with Gasteiger partial charge in [-0.2, -0.15) is 0 Å². The van der Waals surface area contributed by atoms with Crippen molar-refractivity contribution >= 4 is 49.3 Å². The number of hydrogen-bond acceptors (Lipinski definition) is 4. The molecule has 0 amide bonds.